The Morgan fingerprint density at radius 2 is 1.98 bits per heavy atom. The predicted molar refractivity (Wildman–Crippen MR) is 159 cm³/mol. The molecule has 3 aromatic heterocycles. The average molecular weight is 562 g/mol. The number of nitrogens with zero attached hydrogens (tertiary/aromatic N) is 6. The summed E-state index contributed by atoms with van der Waals surface area (Å²) >= 11 is 0. The highest BCUT2D eigenvalue weighted by Crippen LogP contribution is 2.31. The molecule has 1 aliphatic heterocycles. The van der Waals surface area contributed by atoms with E-state index in [-0.39, 0.29) is 17.5 Å². The molecule has 0 saturated carbocycles. The second-order valence-electron chi connectivity index (χ2n) is 11.3. The molecule has 0 unspecified atom stereocenters. The molecule has 41 heavy (non-hydrogen) atoms. The van der Waals surface area contributed by atoms with Crippen molar-refractivity contribution in [3.05, 3.63) is 59.4 Å². The first-order valence-electron chi connectivity index (χ1n) is 14.3. The fraction of sp³-hybridized carbons (Fsp3) is 0.484. The maximum Gasteiger partial charge on any atom is 0.228 e. The smallest absolute Gasteiger partial charge is 0.228 e. The van der Waals surface area contributed by atoms with Gasteiger partial charge >= 0.3 is 0 Å². The zero-order chi connectivity index (χ0) is 29.1. The van der Waals surface area contributed by atoms with Crippen LogP contribution < -0.4 is 5.32 Å². The number of hydrogen-bond acceptors (Lipinski definition) is 8. The molecule has 1 saturated heterocycles. The summed E-state index contributed by atoms with van der Waals surface area (Å²) in [6.07, 6.45) is 4.49. The largest absolute Gasteiger partial charge is 0.382 e. The number of morpholine rings is 1. The Hall–Kier alpha value is -3.47. The Balaban J connectivity index is 1.30. The minimum Gasteiger partial charge on any atom is -0.382 e. The highest BCUT2D eigenvalue weighted by atomic mass is 19.1. The summed E-state index contributed by atoms with van der Waals surface area (Å²) in [5.74, 6) is 1.46. The van der Waals surface area contributed by atoms with Gasteiger partial charge in [-0.05, 0) is 70.9 Å². The molecule has 4 heterocycles. The molecule has 1 N–H and O–H groups in total. The number of pyridine rings is 1. The van der Waals surface area contributed by atoms with Crippen molar-refractivity contribution >= 4 is 22.8 Å². The number of ether oxygens (including phenoxy) is 2. The van der Waals surface area contributed by atoms with Crippen molar-refractivity contribution in [2.75, 3.05) is 38.2 Å². The second kappa shape index (κ2) is 12.2. The summed E-state index contributed by atoms with van der Waals surface area (Å²) in [4.78, 5) is 20.7. The van der Waals surface area contributed by atoms with Gasteiger partial charge in [-0.3, -0.25) is 4.90 Å². The lowest BCUT2D eigenvalue weighted by Crippen LogP contribution is -2.50. The van der Waals surface area contributed by atoms with Gasteiger partial charge in [-0.25, -0.2) is 24.3 Å². The summed E-state index contributed by atoms with van der Waals surface area (Å²) in [6, 6.07) is 7.61. The zero-order valence-electron chi connectivity index (χ0n) is 24.9. The molecule has 1 atom stereocenters. The van der Waals surface area contributed by atoms with Gasteiger partial charge in [0.2, 0.25) is 5.95 Å². The standard InChI is InChI=1S/C31H40FN7O2/c1-7-40-12-10-31(6)19-38(11-13-41-31)18-23-8-9-27(33-17-23)36-30-34-16-21(4)28(37-30)24-14-25(32)29-26(15-24)39(20(2)3)22(5)35-29/h8-9,14-17,20H,7,10-13,18-19H2,1-6H3,(H,33,34,36,37)/t31-/m1/s1. The van der Waals surface area contributed by atoms with E-state index in [0.29, 0.717) is 41.8 Å². The SMILES string of the molecule is CCOCC[C@]1(C)CN(Cc2ccc(Nc3ncc(C)c(-c4cc(F)c5nc(C)n(C(C)C)c5c4)n3)nc2)CCO1. The minimum atomic E-state index is -0.361. The zero-order valence-corrected chi connectivity index (χ0v) is 24.9. The molecule has 1 fully saturated rings. The highest BCUT2D eigenvalue weighted by molar-refractivity contribution is 5.83. The molecule has 9 nitrogen and oxygen atoms in total. The van der Waals surface area contributed by atoms with E-state index in [1.165, 1.54) is 6.07 Å². The van der Waals surface area contributed by atoms with Crippen LogP contribution in [0.2, 0.25) is 0 Å². The van der Waals surface area contributed by atoms with Gasteiger partial charge in [0.05, 0.1) is 23.4 Å². The van der Waals surface area contributed by atoms with E-state index in [2.05, 4.69) is 52.0 Å². The molecule has 1 aliphatic rings. The first kappa shape index (κ1) is 29.0. The number of aromatic nitrogens is 5. The summed E-state index contributed by atoms with van der Waals surface area (Å²) in [5, 5.41) is 3.21. The molecule has 0 bridgehead atoms. The van der Waals surface area contributed by atoms with Gasteiger partial charge < -0.3 is 19.4 Å². The normalized spacial score (nSPS) is 18.0. The van der Waals surface area contributed by atoms with Crippen LogP contribution in [0.5, 0.6) is 0 Å². The Labute approximate surface area is 241 Å². The van der Waals surface area contributed by atoms with Crippen molar-refractivity contribution in [3.63, 3.8) is 0 Å². The number of anilines is 2. The number of fused-ring (bicyclic) bond motifs is 1. The van der Waals surface area contributed by atoms with Gasteiger partial charge in [0.15, 0.2) is 5.82 Å². The van der Waals surface area contributed by atoms with E-state index >= 15 is 4.39 Å². The van der Waals surface area contributed by atoms with Crippen molar-refractivity contribution in [2.24, 2.45) is 0 Å². The molecule has 5 rings (SSSR count). The van der Waals surface area contributed by atoms with Gasteiger partial charge in [-0.15, -0.1) is 0 Å². The molecular weight excluding hydrogens is 521 g/mol. The summed E-state index contributed by atoms with van der Waals surface area (Å²) < 4.78 is 28.8. The molecule has 0 spiro atoms. The number of imidazole rings is 1. The number of hydrogen-bond donors (Lipinski definition) is 1. The van der Waals surface area contributed by atoms with Crippen LogP contribution in [0.1, 0.15) is 57.1 Å². The Morgan fingerprint density at radius 1 is 1.15 bits per heavy atom. The van der Waals surface area contributed by atoms with Crippen LogP contribution >= 0.6 is 0 Å². The van der Waals surface area contributed by atoms with E-state index in [9.17, 15) is 0 Å². The third-order valence-electron chi connectivity index (χ3n) is 7.55. The average Bonchev–Trinajstić information content (AvgIpc) is 3.27. The topological polar surface area (TPSA) is 90.2 Å². The molecule has 0 amide bonds. The first-order chi connectivity index (χ1) is 19.7. The molecule has 10 heteroatoms. The number of rotatable bonds is 10. The van der Waals surface area contributed by atoms with Crippen LogP contribution in [-0.2, 0) is 16.0 Å². The Morgan fingerprint density at radius 3 is 2.71 bits per heavy atom. The van der Waals surface area contributed by atoms with Crippen LogP contribution in [0.15, 0.2) is 36.7 Å². The van der Waals surface area contributed by atoms with Gasteiger partial charge in [-0.1, -0.05) is 6.07 Å². The fourth-order valence-corrected chi connectivity index (χ4v) is 5.55. The maximum absolute atomic E-state index is 15.1. The lowest BCUT2D eigenvalue weighted by Gasteiger charge is -2.40. The lowest BCUT2D eigenvalue weighted by molar-refractivity contribution is -0.112. The Kier molecular flexibility index (Phi) is 8.63. The molecule has 4 aromatic rings. The maximum atomic E-state index is 15.1. The van der Waals surface area contributed by atoms with Crippen LogP contribution in [0.25, 0.3) is 22.3 Å². The van der Waals surface area contributed by atoms with E-state index in [0.717, 1.165) is 55.1 Å². The fourth-order valence-electron chi connectivity index (χ4n) is 5.55. The van der Waals surface area contributed by atoms with Crippen molar-refractivity contribution in [3.8, 4) is 11.3 Å². The van der Waals surface area contributed by atoms with Gasteiger partial charge in [-0.2, -0.15) is 0 Å². The van der Waals surface area contributed by atoms with Gasteiger partial charge in [0.25, 0.3) is 0 Å². The highest BCUT2D eigenvalue weighted by Gasteiger charge is 2.31. The van der Waals surface area contributed by atoms with Crippen molar-refractivity contribution in [2.45, 2.75) is 66.2 Å². The molecule has 0 aliphatic carbocycles. The molecule has 1 aromatic carbocycles. The third kappa shape index (κ3) is 6.55. The van der Waals surface area contributed by atoms with Crippen LogP contribution in [0.3, 0.4) is 0 Å². The van der Waals surface area contributed by atoms with Crippen molar-refractivity contribution in [1.29, 1.82) is 0 Å². The summed E-state index contributed by atoms with van der Waals surface area (Å²) in [5.41, 5.74) is 4.24. The number of aryl methyl sites for hydroxylation is 2. The molecule has 218 valence electrons. The van der Waals surface area contributed by atoms with Crippen LogP contribution in [-0.4, -0.2) is 67.9 Å². The van der Waals surface area contributed by atoms with Gasteiger partial charge in [0, 0.05) is 63.3 Å². The summed E-state index contributed by atoms with van der Waals surface area (Å²) in [7, 11) is 0. The van der Waals surface area contributed by atoms with Crippen LogP contribution in [0.4, 0.5) is 16.2 Å². The van der Waals surface area contributed by atoms with E-state index < -0.39 is 0 Å². The summed E-state index contributed by atoms with van der Waals surface area (Å²) in [6.45, 7) is 16.8. The monoisotopic (exact) mass is 561 g/mol. The number of halogens is 1. The first-order valence-corrected chi connectivity index (χ1v) is 14.3. The minimum absolute atomic E-state index is 0.153. The molecule has 0 radical (unpaired) electrons. The van der Waals surface area contributed by atoms with E-state index in [1.54, 1.807) is 6.20 Å². The van der Waals surface area contributed by atoms with Crippen molar-refractivity contribution < 1.29 is 13.9 Å². The van der Waals surface area contributed by atoms with Crippen LogP contribution in [0, 0.1) is 19.7 Å². The lowest BCUT2D eigenvalue weighted by atomic mass is 10.00. The van der Waals surface area contributed by atoms with Gasteiger partial charge in [0.1, 0.15) is 17.2 Å². The second-order valence-corrected chi connectivity index (χ2v) is 11.3. The van der Waals surface area contributed by atoms with E-state index in [4.69, 9.17) is 14.5 Å². The number of benzene rings is 1. The quantitative estimate of drug-likeness (QED) is 0.236. The van der Waals surface area contributed by atoms with Crippen molar-refractivity contribution in [1.82, 2.24) is 29.4 Å². The predicted octanol–water partition coefficient (Wildman–Crippen LogP) is 5.99. The third-order valence-corrected chi connectivity index (χ3v) is 7.55. The Bertz CT molecular complexity index is 1500. The number of nitrogens with one attached hydrogen (secondary N) is 1. The molecular formula is C31H40FN7O2. The van der Waals surface area contributed by atoms with E-state index in [1.807, 2.05) is 43.7 Å².